The molecule has 1 aromatic rings. The van der Waals surface area contributed by atoms with Crippen molar-refractivity contribution in [1.82, 2.24) is 9.47 Å². The van der Waals surface area contributed by atoms with Gasteiger partial charge in [0.25, 0.3) is 0 Å². The zero-order valence-electron chi connectivity index (χ0n) is 11.1. The van der Waals surface area contributed by atoms with Crippen molar-refractivity contribution in [2.75, 3.05) is 26.3 Å². The minimum Gasteiger partial charge on any atom is -0.503 e. The number of hydrogen-bond donors (Lipinski definition) is 2. The Morgan fingerprint density at radius 2 is 2.05 bits per heavy atom. The molecule has 106 valence electrons. The summed E-state index contributed by atoms with van der Waals surface area (Å²) in [6.45, 7) is 5.69. The molecule has 2 rings (SSSR count). The van der Waals surface area contributed by atoms with Crippen LogP contribution in [0.4, 0.5) is 0 Å². The van der Waals surface area contributed by atoms with Crippen LogP contribution in [0, 0.1) is 0 Å². The van der Waals surface area contributed by atoms with E-state index < -0.39 is 5.43 Å². The van der Waals surface area contributed by atoms with E-state index in [9.17, 15) is 15.0 Å². The molecule has 2 N–H and O–H groups in total. The molecule has 0 unspecified atom stereocenters. The van der Waals surface area contributed by atoms with E-state index >= 15 is 0 Å². The number of aromatic nitrogens is 1. The zero-order chi connectivity index (χ0) is 13.8. The van der Waals surface area contributed by atoms with E-state index in [1.54, 1.807) is 4.57 Å². The standard InChI is InChI=1S/C13H20N2O4/c1-2-15-10(9-16)7-12(17)13(18)11(15)8-14-3-5-19-6-4-14/h7,16,18H,2-6,8-9H2,1H3. The molecule has 1 aliphatic rings. The van der Waals surface area contributed by atoms with Crippen LogP contribution in [0.1, 0.15) is 18.3 Å². The maximum absolute atomic E-state index is 11.7. The molecule has 0 aliphatic carbocycles. The van der Waals surface area contributed by atoms with Crippen LogP contribution in [0.25, 0.3) is 0 Å². The van der Waals surface area contributed by atoms with Gasteiger partial charge in [0.05, 0.1) is 25.5 Å². The molecule has 6 heteroatoms. The molecule has 6 nitrogen and oxygen atoms in total. The maximum Gasteiger partial charge on any atom is 0.223 e. The average molecular weight is 268 g/mol. The topological polar surface area (TPSA) is 74.9 Å². The molecule has 19 heavy (non-hydrogen) atoms. The van der Waals surface area contributed by atoms with Crippen LogP contribution < -0.4 is 5.43 Å². The fraction of sp³-hybridized carbons (Fsp3) is 0.615. The molecular weight excluding hydrogens is 248 g/mol. The number of pyridine rings is 1. The Kier molecular flexibility index (Phi) is 4.57. The predicted octanol–water partition coefficient (Wildman–Crippen LogP) is -0.102. The average Bonchev–Trinajstić information content (AvgIpc) is 2.44. The third-order valence-electron chi connectivity index (χ3n) is 3.43. The number of aromatic hydroxyl groups is 1. The van der Waals surface area contributed by atoms with Crippen LogP contribution in [-0.2, 0) is 24.4 Å². The van der Waals surface area contributed by atoms with Gasteiger partial charge in [0, 0.05) is 37.9 Å². The van der Waals surface area contributed by atoms with E-state index in [2.05, 4.69) is 4.90 Å². The van der Waals surface area contributed by atoms with E-state index in [4.69, 9.17) is 4.74 Å². The summed E-state index contributed by atoms with van der Waals surface area (Å²) in [4.78, 5) is 13.8. The Morgan fingerprint density at radius 1 is 1.37 bits per heavy atom. The molecule has 0 spiro atoms. The van der Waals surface area contributed by atoms with Crippen molar-refractivity contribution in [3.63, 3.8) is 0 Å². The highest BCUT2D eigenvalue weighted by molar-refractivity contribution is 5.30. The van der Waals surface area contributed by atoms with Gasteiger partial charge in [0.2, 0.25) is 5.43 Å². The molecule has 2 heterocycles. The first-order chi connectivity index (χ1) is 9.17. The van der Waals surface area contributed by atoms with Gasteiger partial charge in [0.15, 0.2) is 5.75 Å². The number of morpholine rings is 1. The highest BCUT2D eigenvalue weighted by atomic mass is 16.5. The fourth-order valence-corrected chi connectivity index (χ4v) is 2.40. The van der Waals surface area contributed by atoms with Gasteiger partial charge < -0.3 is 19.5 Å². The van der Waals surface area contributed by atoms with E-state index in [0.29, 0.717) is 37.7 Å². The van der Waals surface area contributed by atoms with Gasteiger partial charge in [0.1, 0.15) is 0 Å². The van der Waals surface area contributed by atoms with Gasteiger partial charge in [-0.3, -0.25) is 9.69 Å². The monoisotopic (exact) mass is 268 g/mol. The Hall–Kier alpha value is -1.37. The van der Waals surface area contributed by atoms with E-state index in [0.717, 1.165) is 13.1 Å². The number of rotatable bonds is 4. The van der Waals surface area contributed by atoms with Gasteiger partial charge in [-0.1, -0.05) is 0 Å². The van der Waals surface area contributed by atoms with Crippen LogP contribution >= 0.6 is 0 Å². The maximum atomic E-state index is 11.7. The number of ether oxygens (including phenoxy) is 1. The summed E-state index contributed by atoms with van der Waals surface area (Å²) in [6.07, 6.45) is 0. The Labute approximate surface area is 111 Å². The van der Waals surface area contributed by atoms with Gasteiger partial charge in [-0.15, -0.1) is 0 Å². The molecule has 0 atom stereocenters. The summed E-state index contributed by atoms with van der Waals surface area (Å²) in [7, 11) is 0. The first-order valence-corrected chi connectivity index (χ1v) is 6.52. The summed E-state index contributed by atoms with van der Waals surface area (Å²) in [5.74, 6) is -0.217. The lowest BCUT2D eigenvalue weighted by Crippen LogP contribution is -2.37. The largest absolute Gasteiger partial charge is 0.503 e. The lowest BCUT2D eigenvalue weighted by Gasteiger charge is -2.28. The van der Waals surface area contributed by atoms with Gasteiger partial charge in [-0.25, -0.2) is 0 Å². The molecule has 0 bridgehead atoms. The summed E-state index contributed by atoms with van der Waals surface area (Å²) < 4.78 is 7.08. The molecule has 0 saturated carbocycles. The highest BCUT2D eigenvalue weighted by Crippen LogP contribution is 2.18. The second kappa shape index (κ2) is 6.18. The predicted molar refractivity (Wildman–Crippen MR) is 70.1 cm³/mol. The van der Waals surface area contributed by atoms with Crippen LogP contribution in [0.15, 0.2) is 10.9 Å². The van der Waals surface area contributed by atoms with Crippen molar-refractivity contribution in [3.8, 4) is 5.75 Å². The quantitative estimate of drug-likeness (QED) is 0.797. The summed E-state index contributed by atoms with van der Waals surface area (Å²) in [5, 5.41) is 19.3. The number of aliphatic hydroxyl groups is 1. The summed E-state index contributed by atoms with van der Waals surface area (Å²) in [5.41, 5.74) is 0.673. The van der Waals surface area contributed by atoms with Crippen molar-refractivity contribution in [2.24, 2.45) is 0 Å². The smallest absolute Gasteiger partial charge is 0.223 e. The van der Waals surface area contributed by atoms with Gasteiger partial charge in [-0.05, 0) is 6.92 Å². The lowest BCUT2D eigenvalue weighted by atomic mass is 10.2. The summed E-state index contributed by atoms with van der Waals surface area (Å²) >= 11 is 0. The minimum absolute atomic E-state index is 0.209. The molecule has 1 aromatic heterocycles. The number of hydrogen-bond acceptors (Lipinski definition) is 5. The van der Waals surface area contributed by atoms with Crippen molar-refractivity contribution in [2.45, 2.75) is 26.6 Å². The third-order valence-corrected chi connectivity index (χ3v) is 3.43. The van der Waals surface area contributed by atoms with Crippen LogP contribution in [0.5, 0.6) is 5.75 Å². The van der Waals surface area contributed by atoms with Crippen molar-refractivity contribution in [3.05, 3.63) is 27.7 Å². The number of aliphatic hydroxyl groups excluding tert-OH is 1. The highest BCUT2D eigenvalue weighted by Gasteiger charge is 2.18. The Balaban J connectivity index is 2.35. The fourth-order valence-electron chi connectivity index (χ4n) is 2.40. The molecule has 0 aromatic carbocycles. The van der Waals surface area contributed by atoms with Crippen LogP contribution in [0.3, 0.4) is 0 Å². The van der Waals surface area contributed by atoms with Crippen molar-refractivity contribution < 1.29 is 14.9 Å². The van der Waals surface area contributed by atoms with Gasteiger partial charge in [-0.2, -0.15) is 0 Å². The van der Waals surface area contributed by atoms with Crippen molar-refractivity contribution >= 4 is 0 Å². The SMILES string of the molecule is CCn1c(CO)cc(=O)c(O)c1CN1CCOCC1. The zero-order valence-corrected chi connectivity index (χ0v) is 11.1. The first kappa shape index (κ1) is 14.0. The number of nitrogens with zero attached hydrogens (tertiary/aromatic N) is 2. The van der Waals surface area contributed by atoms with Crippen LogP contribution in [-0.4, -0.2) is 46.0 Å². The third kappa shape index (κ3) is 2.97. The van der Waals surface area contributed by atoms with Crippen molar-refractivity contribution in [1.29, 1.82) is 0 Å². The first-order valence-electron chi connectivity index (χ1n) is 6.52. The molecule has 1 aliphatic heterocycles. The lowest BCUT2D eigenvalue weighted by molar-refractivity contribution is 0.0326. The summed E-state index contributed by atoms with van der Waals surface area (Å²) in [6, 6.07) is 1.29. The second-order valence-corrected chi connectivity index (χ2v) is 4.59. The van der Waals surface area contributed by atoms with Gasteiger partial charge >= 0.3 is 0 Å². The Bertz CT molecular complexity index is 492. The molecule has 1 fully saturated rings. The van der Waals surface area contributed by atoms with E-state index in [1.807, 2.05) is 6.92 Å². The van der Waals surface area contributed by atoms with E-state index in [-0.39, 0.29) is 12.4 Å². The second-order valence-electron chi connectivity index (χ2n) is 4.59. The van der Waals surface area contributed by atoms with Crippen LogP contribution in [0.2, 0.25) is 0 Å². The molecule has 0 amide bonds. The molecule has 1 saturated heterocycles. The normalized spacial score (nSPS) is 16.7. The minimum atomic E-state index is -0.433. The Morgan fingerprint density at radius 3 is 2.63 bits per heavy atom. The van der Waals surface area contributed by atoms with E-state index in [1.165, 1.54) is 6.07 Å². The molecule has 0 radical (unpaired) electrons. The molecular formula is C13H20N2O4.